The number of hydrogen-bond donors (Lipinski definition) is 0. The lowest BCUT2D eigenvalue weighted by molar-refractivity contribution is 0.370. The fourth-order valence-electron chi connectivity index (χ4n) is 3.54. The Kier molecular flexibility index (Phi) is 4.59. The van der Waals surface area contributed by atoms with Gasteiger partial charge in [0.2, 0.25) is 11.7 Å². The van der Waals surface area contributed by atoms with Gasteiger partial charge in [-0.25, -0.2) is 4.52 Å². The lowest BCUT2D eigenvalue weighted by Gasteiger charge is -2.04. The minimum atomic E-state index is -0.202. The van der Waals surface area contributed by atoms with Gasteiger partial charge in [-0.05, 0) is 30.7 Å². The van der Waals surface area contributed by atoms with Crippen LogP contribution in [0.4, 0.5) is 0 Å². The van der Waals surface area contributed by atoms with E-state index >= 15 is 0 Å². The number of methoxy groups -OCH3 is 1. The monoisotopic (exact) mass is 413 g/mol. The zero-order valence-corrected chi connectivity index (χ0v) is 17.0. The van der Waals surface area contributed by atoms with Gasteiger partial charge in [0.1, 0.15) is 17.8 Å². The van der Waals surface area contributed by atoms with Gasteiger partial charge in [0.25, 0.3) is 5.56 Å². The Morgan fingerprint density at radius 3 is 2.61 bits per heavy atom. The molecule has 0 saturated carbocycles. The molecule has 2 aromatic carbocycles. The maximum absolute atomic E-state index is 13.0. The second kappa shape index (κ2) is 7.56. The molecule has 0 aliphatic rings. The van der Waals surface area contributed by atoms with Crippen LogP contribution >= 0.6 is 0 Å². The number of hydrogen-bond acceptors (Lipinski definition) is 6. The molecule has 154 valence electrons. The Morgan fingerprint density at radius 1 is 1.03 bits per heavy atom. The van der Waals surface area contributed by atoms with Gasteiger partial charge in [-0.1, -0.05) is 41.6 Å². The van der Waals surface area contributed by atoms with Gasteiger partial charge in [-0.2, -0.15) is 10.1 Å². The second-order valence-corrected chi connectivity index (χ2v) is 7.12. The summed E-state index contributed by atoms with van der Waals surface area (Å²) in [7, 11) is 1.61. The third-order valence-electron chi connectivity index (χ3n) is 5.15. The maximum atomic E-state index is 13.0. The SMILES string of the molecule is COc1ccccc1-c1cc2c(=O)n(Cc3nc(-c4ccccc4C)no3)ccn2n1. The summed E-state index contributed by atoms with van der Waals surface area (Å²) in [6, 6.07) is 17.1. The van der Waals surface area contributed by atoms with Crippen molar-refractivity contribution < 1.29 is 9.26 Å². The zero-order valence-electron chi connectivity index (χ0n) is 17.0. The van der Waals surface area contributed by atoms with E-state index in [0.717, 1.165) is 16.7 Å². The van der Waals surface area contributed by atoms with E-state index in [-0.39, 0.29) is 12.1 Å². The summed E-state index contributed by atoms with van der Waals surface area (Å²) in [6.07, 6.45) is 3.39. The average molecular weight is 413 g/mol. The highest BCUT2D eigenvalue weighted by Gasteiger charge is 2.15. The van der Waals surface area contributed by atoms with Gasteiger partial charge in [0.05, 0.1) is 12.8 Å². The molecule has 3 aromatic heterocycles. The van der Waals surface area contributed by atoms with Gasteiger partial charge in [-0.15, -0.1) is 0 Å². The van der Waals surface area contributed by atoms with Gasteiger partial charge in [-0.3, -0.25) is 4.79 Å². The molecule has 31 heavy (non-hydrogen) atoms. The van der Waals surface area contributed by atoms with Crippen LogP contribution in [-0.2, 0) is 6.54 Å². The molecule has 0 spiro atoms. The Bertz CT molecular complexity index is 1450. The van der Waals surface area contributed by atoms with Crippen LogP contribution in [0.3, 0.4) is 0 Å². The van der Waals surface area contributed by atoms with E-state index in [1.54, 1.807) is 30.1 Å². The summed E-state index contributed by atoms with van der Waals surface area (Å²) in [5.41, 5.74) is 3.68. The standard InChI is InChI=1S/C23H19N5O3/c1-15-7-3-4-8-16(15)22-24-21(31-26-22)14-27-11-12-28-19(23(27)29)13-18(25-28)17-9-5-6-10-20(17)30-2/h3-13H,14H2,1-2H3. The lowest BCUT2D eigenvalue weighted by Crippen LogP contribution is -2.21. The third-order valence-corrected chi connectivity index (χ3v) is 5.15. The quantitative estimate of drug-likeness (QED) is 0.438. The minimum Gasteiger partial charge on any atom is -0.496 e. The normalized spacial score (nSPS) is 11.2. The van der Waals surface area contributed by atoms with E-state index in [2.05, 4.69) is 15.2 Å². The predicted molar refractivity (Wildman–Crippen MR) is 115 cm³/mol. The third kappa shape index (κ3) is 3.38. The Labute approximate surface area is 177 Å². The number of aromatic nitrogens is 5. The molecule has 0 unspecified atom stereocenters. The van der Waals surface area contributed by atoms with Crippen LogP contribution in [0.1, 0.15) is 11.5 Å². The maximum Gasteiger partial charge on any atom is 0.277 e. The minimum absolute atomic E-state index is 0.170. The molecule has 0 aliphatic heterocycles. The van der Waals surface area contributed by atoms with Crippen molar-refractivity contribution in [3.8, 4) is 28.4 Å². The first-order chi connectivity index (χ1) is 15.1. The summed E-state index contributed by atoms with van der Waals surface area (Å²) in [5.74, 6) is 1.56. The van der Waals surface area contributed by atoms with Crippen molar-refractivity contribution in [3.63, 3.8) is 0 Å². The first-order valence-electron chi connectivity index (χ1n) is 9.75. The van der Waals surface area contributed by atoms with Crippen LogP contribution < -0.4 is 10.3 Å². The number of para-hydroxylation sites is 1. The van der Waals surface area contributed by atoms with Crippen LogP contribution in [-0.4, -0.2) is 31.4 Å². The van der Waals surface area contributed by atoms with E-state index in [4.69, 9.17) is 9.26 Å². The lowest BCUT2D eigenvalue weighted by atomic mass is 10.1. The molecule has 0 N–H and O–H groups in total. The van der Waals surface area contributed by atoms with Crippen molar-refractivity contribution in [1.82, 2.24) is 24.3 Å². The van der Waals surface area contributed by atoms with Gasteiger partial charge < -0.3 is 13.8 Å². The molecular weight excluding hydrogens is 394 g/mol. The predicted octanol–water partition coefficient (Wildman–Crippen LogP) is 3.58. The van der Waals surface area contributed by atoms with Gasteiger partial charge in [0.15, 0.2) is 0 Å². The molecule has 0 bridgehead atoms. The van der Waals surface area contributed by atoms with Gasteiger partial charge in [0, 0.05) is 23.5 Å². The molecule has 0 saturated heterocycles. The largest absolute Gasteiger partial charge is 0.496 e. The molecule has 0 atom stereocenters. The van der Waals surface area contributed by atoms with Crippen LogP contribution in [0.2, 0.25) is 0 Å². The highest BCUT2D eigenvalue weighted by atomic mass is 16.5. The fraction of sp³-hybridized carbons (Fsp3) is 0.130. The molecule has 0 aliphatic carbocycles. The molecular formula is C23H19N5O3. The number of benzene rings is 2. The van der Waals surface area contributed by atoms with Crippen LogP contribution in [0.15, 0.2) is 76.3 Å². The number of rotatable bonds is 5. The number of ether oxygens (including phenoxy) is 1. The fourth-order valence-corrected chi connectivity index (χ4v) is 3.54. The first kappa shape index (κ1) is 18.8. The average Bonchev–Trinajstić information content (AvgIpc) is 3.44. The van der Waals surface area contributed by atoms with Crippen molar-refractivity contribution in [1.29, 1.82) is 0 Å². The topological polar surface area (TPSA) is 87.5 Å². The van der Waals surface area contributed by atoms with Crippen molar-refractivity contribution in [2.45, 2.75) is 13.5 Å². The van der Waals surface area contributed by atoms with E-state index in [1.807, 2.05) is 55.5 Å². The van der Waals surface area contributed by atoms with Crippen molar-refractivity contribution in [3.05, 3.63) is 88.8 Å². The number of fused-ring (bicyclic) bond motifs is 1. The molecule has 0 radical (unpaired) electrons. The first-order valence-corrected chi connectivity index (χ1v) is 9.75. The molecule has 3 heterocycles. The molecule has 5 rings (SSSR count). The summed E-state index contributed by atoms with van der Waals surface area (Å²) >= 11 is 0. The van der Waals surface area contributed by atoms with E-state index < -0.39 is 0 Å². The smallest absolute Gasteiger partial charge is 0.277 e. The highest BCUT2D eigenvalue weighted by molar-refractivity contribution is 5.71. The van der Waals surface area contributed by atoms with Crippen molar-refractivity contribution >= 4 is 5.52 Å². The van der Waals surface area contributed by atoms with E-state index in [1.165, 1.54) is 4.57 Å². The highest BCUT2D eigenvalue weighted by Crippen LogP contribution is 2.28. The number of aryl methyl sites for hydroxylation is 1. The second-order valence-electron chi connectivity index (χ2n) is 7.12. The van der Waals surface area contributed by atoms with Gasteiger partial charge >= 0.3 is 0 Å². The summed E-state index contributed by atoms with van der Waals surface area (Å²) < 4.78 is 13.9. The molecule has 5 aromatic rings. The molecule has 0 amide bonds. The molecule has 8 nitrogen and oxygen atoms in total. The Balaban J connectivity index is 1.49. The Morgan fingerprint density at radius 2 is 1.81 bits per heavy atom. The molecule has 8 heteroatoms. The van der Waals surface area contributed by atoms with Crippen LogP contribution in [0, 0.1) is 6.92 Å². The van der Waals surface area contributed by atoms with E-state index in [0.29, 0.717) is 28.7 Å². The zero-order chi connectivity index (χ0) is 21.4. The molecule has 0 fully saturated rings. The summed E-state index contributed by atoms with van der Waals surface area (Å²) in [4.78, 5) is 17.5. The van der Waals surface area contributed by atoms with Crippen LogP contribution in [0.25, 0.3) is 28.2 Å². The van der Waals surface area contributed by atoms with Crippen molar-refractivity contribution in [2.75, 3.05) is 7.11 Å². The van der Waals surface area contributed by atoms with E-state index in [9.17, 15) is 4.79 Å². The summed E-state index contributed by atoms with van der Waals surface area (Å²) in [5, 5.41) is 8.59. The summed E-state index contributed by atoms with van der Waals surface area (Å²) in [6.45, 7) is 2.16. The number of nitrogens with zero attached hydrogens (tertiary/aromatic N) is 5. The Hall–Kier alpha value is -4.20. The van der Waals surface area contributed by atoms with Crippen molar-refractivity contribution in [2.24, 2.45) is 0 Å². The van der Waals surface area contributed by atoms with Crippen LogP contribution in [0.5, 0.6) is 5.75 Å².